The number of oxazole rings is 1. The Balaban J connectivity index is 1.31. The van der Waals surface area contributed by atoms with Crippen LogP contribution in [0.2, 0.25) is 5.02 Å². The number of phenols is 1. The van der Waals surface area contributed by atoms with E-state index >= 15 is 0 Å². The van der Waals surface area contributed by atoms with Gasteiger partial charge >= 0.3 is 6.03 Å². The number of phenolic OH excluding ortho intramolecular Hbond substituents is 1. The molecule has 4 N–H and O–H groups in total. The molecule has 2 heterocycles. The molecule has 2 aromatic heterocycles. The number of benzene rings is 3. The Morgan fingerprint density at radius 3 is 2.31 bits per heavy atom. The topological polar surface area (TPSA) is 125 Å². The molecule has 2 amide bonds. The van der Waals surface area contributed by atoms with Crippen molar-refractivity contribution in [3.63, 3.8) is 0 Å². The molecule has 36 heavy (non-hydrogen) atoms. The van der Waals surface area contributed by atoms with Crippen LogP contribution in [0, 0.1) is 12.7 Å². The number of hydrogen-bond acceptors (Lipinski definition) is 7. The van der Waals surface area contributed by atoms with E-state index in [9.17, 15) is 14.3 Å². The van der Waals surface area contributed by atoms with Gasteiger partial charge < -0.3 is 25.5 Å². The number of nitrogens with zero attached hydrogens (tertiary/aromatic N) is 3. The Bertz CT molecular complexity index is 1570. The van der Waals surface area contributed by atoms with Crippen LogP contribution >= 0.6 is 11.6 Å². The number of rotatable bonds is 5. The van der Waals surface area contributed by atoms with E-state index < -0.39 is 11.8 Å². The van der Waals surface area contributed by atoms with Gasteiger partial charge in [-0.1, -0.05) is 11.6 Å². The van der Waals surface area contributed by atoms with Crippen molar-refractivity contribution in [2.24, 2.45) is 0 Å². The van der Waals surface area contributed by atoms with E-state index in [0.29, 0.717) is 51.4 Å². The van der Waals surface area contributed by atoms with Gasteiger partial charge in [0.15, 0.2) is 11.3 Å². The minimum Gasteiger partial charge on any atom is -0.508 e. The summed E-state index contributed by atoms with van der Waals surface area (Å²) in [4.78, 5) is 25.5. The van der Waals surface area contributed by atoms with Crippen LogP contribution in [0.15, 0.2) is 71.1 Å². The number of halogens is 2. The number of anilines is 4. The minimum atomic E-state index is -0.566. The van der Waals surface area contributed by atoms with Crippen LogP contribution in [0.25, 0.3) is 22.7 Å². The Morgan fingerprint density at radius 2 is 1.58 bits per heavy atom. The zero-order chi connectivity index (χ0) is 25.2. The molecule has 0 bridgehead atoms. The van der Waals surface area contributed by atoms with Gasteiger partial charge in [-0.2, -0.15) is 4.98 Å². The molecule has 0 saturated heterocycles. The molecule has 0 aliphatic heterocycles. The van der Waals surface area contributed by atoms with Crippen LogP contribution in [-0.4, -0.2) is 26.1 Å². The molecular weight excluding hydrogens is 487 g/mol. The summed E-state index contributed by atoms with van der Waals surface area (Å²) in [5, 5.41) is 17.9. The van der Waals surface area contributed by atoms with Gasteiger partial charge in [0.05, 0.1) is 5.02 Å². The average molecular weight is 505 g/mol. The Hall–Kier alpha value is -4.70. The van der Waals surface area contributed by atoms with Gasteiger partial charge in [-0.15, -0.1) is 0 Å². The van der Waals surface area contributed by atoms with Crippen LogP contribution in [-0.2, 0) is 0 Å². The lowest BCUT2D eigenvalue weighted by Gasteiger charge is -2.10. The molecule has 0 spiro atoms. The zero-order valence-electron chi connectivity index (χ0n) is 18.7. The number of aromatic hydroxyl groups is 1. The molecule has 5 aromatic rings. The largest absolute Gasteiger partial charge is 0.508 e. The highest BCUT2D eigenvalue weighted by Gasteiger charge is 2.16. The van der Waals surface area contributed by atoms with Crippen molar-refractivity contribution in [2.45, 2.75) is 6.92 Å². The lowest BCUT2D eigenvalue weighted by Crippen LogP contribution is -2.19. The van der Waals surface area contributed by atoms with Gasteiger partial charge in [0.2, 0.25) is 5.89 Å². The number of carbonyl (C=O) groups is 1. The summed E-state index contributed by atoms with van der Waals surface area (Å²) >= 11 is 5.74. The highest BCUT2D eigenvalue weighted by atomic mass is 35.5. The third-order valence-electron chi connectivity index (χ3n) is 5.07. The number of urea groups is 1. The fourth-order valence-corrected chi connectivity index (χ4v) is 3.56. The van der Waals surface area contributed by atoms with Crippen molar-refractivity contribution in [3.8, 4) is 17.2 Å². The molecule has 3 aromatic carbocycles. The van der Waals surface area contributed by atoms with Crippen molar-refractivity contribution < 1.29 is 18.7 Å². The summed E-state index contributed by atoms with van der Waals surface area (Å²) < 4.78 is 19.1. The quantitative estimate of drug-likeness (QED) is 0.216. The molecule has 0 aliphatic carbocycles. The van der Waals surface area contributed by atoms with Gasteiger partial charge in [0.25, 0.3) is 5.71 Å². The fourth-order valence-electron chi connectivity index (χ4n) is 3.38. The summed E-state index contributed by atoms with van der Waals surface area (Å²) in [5.41, 5.74) is 3.05. The Labute approximate surface area is 209 Å². The van der Waals surface area contributed by atoms with Crippen molar-refractivity contribution in [3.05, 3.63) is 83.4 Å². The van der Waals surface area contributed by atoms with Gasteiger partial charge in [0, 0.05) is 22.6 Å². The standard InChI is InChI=1S/C25H18ClFN6O3/c1-13-28-22(21-24(29-13)36-23(33-21)14-2-9-18(34)10-3-14)30-15-4-6-16(7-5-15)31-25(35)32-17-8-11-20(27)19(26)12-17/h2-12,34H,1H3,(H,28,29,30)(H2,31,32,35). The zero-order valence-corrected chi connectivity index (χ0v) is 19.5. The van der Waals surface area contributed by atoms with Gasteiger partial charge in [-0.05, 0) is 73.7 Å². The SMILES string of the molecule is Cc1nc(Nc2ccc(NC(=O)Nc3ccc(F)c(Cl)c3)cc2)c2nc(-c3ccc(O)cc3)oc2n1. The van der Waals surface area contributed by atoms with E-state index in [2.05, 4.69) is 30.9 Å². The smallest absolute Gasteiger partial charge is 0.323 e. The lowest BCUT2D eigenvalue weighted by atomic mass is 10.2. The first-order chi connectivity index (χ1) is 17.3. The second kappa shape index (κ2) is 9.51. The number of amides is 2. The number of carbonyl (C=O) groups excluding carboxylic acids is 1. The third-order valence-corrected chi connectivity index (χ3v) is 5.36. The molecule has 0 radical (unpaired) electrons. The lowest BCUT2D eigenvalue weighted by molar-refractivity contribution is 0.262. The Kier molecular flexibility index (Phi) is 6.09. The highest BCUT2D eigenvalue weighted by molar-refractivity contribution is 6.31. The van der Waals surface area contributed by atoms with E-state index in [1.54, 1.807) is 55.5 Å². The second-order valence-electron chi connectivity index (χ2n) is 7.75. The first-order valence-corrected chi connectivity index (χ1v) is 11.1. The molecule has 0 unspecified atom stereocenters. The maximum absolute atomic E-state index is 13.3. The fraction of sp³-hybridized carbons (Fsp3) is 0.0400. The van der Waals surface area contributed by atoms with Crippen molar-refractivity contribution in [1.29, 1.82) is 0 Å². The van der Waals surface area contributed by atoms with Gasteiger partial charge in [-0.25, -0.2) is 19.2 Å². The number of aromatic nitrogens is 3. The summed E-state index contributed by atoms with van der Waals surface area (Å²) in [6, 6.07) is 16.8. The summed E-state index contributed by atoms with van der Waals surface area (Å²) in [6.45, 7) is 1.74. The molecule has 5 rings (SSSR count). The van der Waals surface area contributed by atoms with Crippen LogP contribution in [0.3, 0.4) is 0 Å². The van der Waals surface area contributed by atoms with E-state index in [0.717, 1.165) is 0 Å². The molecule has 180 valence electrons. The van der Waals surface area contributed by atoms with Gasteiger partial charge in [-0.3, -0.25) is 0 Å². The minimum absolute atomic E-state index is 0.0837. The molecule has 0 saturated carbocycles. The number of fused-ring (bicyclic) bond motifs is 1. The first-order valence-electron chi connectivity index (χ1n) is 10.7. The maximum atomic E-state index is 13.3. The number of aryl methyl sites for hydroxylation is 1. The molecule has 11 heteroatoms. The number of nitrogens with one attached hydrogen (secondary N) is 3. The third kappa shape index (κ3) is 5.03. The van der Waals surface area contributed by atoms with E-state index in [1.165, 1.54) is 18.2 Å². The maximum Gasteiger partial charge on any atom is 0.323 e. The average Bonchev–Trinajstić information content (AvgIpc) is 3.27. The normalized spacial score (nSPS) is 10.9. The number of hydrogen-bond donors (Lipinski definition) is 4. The summed E-state index contributed by atoms with van der Waals surface area (Å²) in [6.07, 6.45) is 0. The monoisotopic (exact) mass is 504 g/mol. The van der Waals surface area contributed by atoms with E-state index in [4.69, 9.17) is 16.0 Å². The van der Waals surface area contributed by atoms with E-state index in [-0.39, 0.29) is 10.8 Å². The van der Waals surface area contributed by atoms with Crippen molar-refractivity contribution in [1.82, 2.24) is 15.0 Å². The second-order valence-corrected chi connectivity index (χ2v) is 8.16. The molecule has 0 atom stereocenters. The van der Waals surface area contributed by atoms with Crippen LogP contribution < -0.4 is 16.0 Å². The van der Waals surface area contributed by atoms with Crippen LogP contribution in [0.5, 0.6) is 5.75 Å². The molecule has 9 nitrogen and oxygen atoms in total. The first kappa shape index (κ1) is 23.1. The highest BCUT2D eigenvalue weighted by Crippen LogP contribution is 2.29. The summed E-state index contributed by atoms with van der Waals surface area (Å²) in [5.74, 6) is 0.875. The predicted molar refractivity (Wildman–Crippen MR) is 135 cm³/mol. The predicted octanol–water partition coefficient (Wildman–Crippen LogP) is 6.48. The van der Waals surface area contributed by atoms with Crippen LogP contribution in [0.4, 0.5) is 32.1 Å². The Morgan fingerprint density at radius 1 is 0.917 bits per heavy atom. The molecule has 0 fully saturated rings. The van der Waals surface area contributed by atoms with Crippen molar-refractivity contribution >= 4 is 51.7 Å². The summed E-state index contributed by atoms with van der Waals surface area (Å²) in [7, 11) is 0. The molecule has 0 aliphatic rings. The van der Waals surface area contributed by atoms with E-state index in [1.807, 2.05) is 0 Å². The molecular formula is C25H18ClFN6O3. The van der Waals surface area contributed by atoms with Gasteiger partial charge in [0.1, 0.15) is 17.4 Å². The van der Waals surface area contributed by atoms with Crippen LogP contribution in [0.1, 0.15) is 5.82 Å². The van der Waals surface area contributed by atoms with Crippen molar-refractivity contribution in [2.75, 3.05) is 16.0 Å².